The van der Waals surface area contributed by atoms with Gasteiger partial charge in [-0.1, -0.05) is 84.9 Å². The number of benzene rings is 6. The maximum absolute atomic E-state index is 2.38. The first-order chi connectivity index (χ1) is 20.8. The molecular weight excluding hydrogens is 585 g/mol. The van der Waals surface area contributed by atoms with E-state index in [1.807, 2.05) is 45.3 Å². The molecule has 4 aromatic heterocycles. The van der Waals surface area contributed by atoms with Crippen LogP contribution in [0.2, 0.25) is 0 Å². The Balaban J connectivity index is 1.03. The van der Waals surface area contributed by atoms with Crippen molar-refractivity contribution in [2.75, 3.05) is 0 Å². The van der Waals surface area contributed by atoms with Crippen molar-refractivity contribution in [3.8, 4) is 22.3 Å². The van der Waals surface area contributed by atoms with Crippen LogP contribution in [0.25, 0.3) is 92.2 Å². The van der Waals surface area contributed by atoms with Crippen molar-refractivity contribution >= 4 is 115 Å². The molecular formula is C38H20S4. The Kier molecular flexibility index (Phi) is 4.88. The van der Waals surface area contributed by atoms with Crippen molar-refractivity contribution in [2.45, 2.75) is 0 Å². The summed E-state index contributed by atoms with van der Waals surface area (Å²) in [5.74, 6) is 0. The van der Waals surface area contributed by atoms with Gasteiger partial charge in [0, 0.05) is 40.3 Å². The predicted octanol–water partition coefficient (Wildman–Crippen LogP) is 13.3. The second-order valence-corrected chi connectivity index (χ2v) is 15.1. The molecule has 0 aliphatic carbocycles. The fourth-order valence-electron chi connectivity index (χ4n) is 6.37. The Morgan fingerprint density at radius 2 is 0.643 bits per heavy atom. The zero-order valence-corrected chi connectivity index (χ0v) is 25.4. The Morgan fingerprint density at radius 3 is 1.12 bits per heavy atom. The molecule has 0 saturated carbocycles. The van der Waals surface area contributed by atoms with Gasteiger partial charge < -0.3 is 0 Å². The molecule has 0 fully saturated rings. The Bertz CT molecular complexity index is 2500. The van der Waals surface area contributed by atoms with Crippen LogP contribution in [0.4, 0.5) is 0 Å². The van der Waals surface area contributed by atoms with Crippen LogP contribution in [0.1, 0.15) is 0 Å². The number of rotatable bonds is 2. The van der Waals surface area contributed by atoms with Crippen molar-refractivity contribution in [1.29, 1.82) is 0 Å². The van der Waals surface area contributed by atoms with Crippen LogP contribution in [-0.2, 0) is 0 Å². The topological polar surface area (TPSA) is 0 Å². The fourth-order valence-corrected chi connectivity index (χ4v) is 11.8. The highest BCUT2D eigenvalue weighted by atomic mass is 32.1. The molecule has 0 saturated heterocycles. The van der Waals surface area contributed by atoms with Crippen molar-refractivity contribution in [1.82, 2.24) is 0 Å². The largest absolute Gasteiger partial charge is 0.134 e. The van der Waals surface area contributed by atoms with Gasteiger partial charge in [0.15, 0.2) is 0 Å². The molecule has 0 nitrogen and oxygen atoms in total. The quantitative estimate of drug-likeness (QED) is 0.184. The second kappa shape index (κ2) is 8.73. The highest BCUT2D eigenvalue weighted by Gasteiger charge is 2.14. The van der Waals surface area contributed by atoms with Gasteiger partial charge in [0.05, 0.1) is 18.8 Å². The molecule has 0 aliphatic rings. The molecule has 0 spiro atoms. The standard InChI is InChI=1S/C38H20S4/c1-3-7-31-27(5-1)35-37(39-31)29-15-13-25(19-33(29)41-35)23-11-9-22-18-24(12-10-21(22)17-23)26-14-16-30-34(20-26)42-36-28-6-2-4-8-32(28)40-38(30)36/h1-20H. The molecule has 10 rings (SSSR count). The molecule has 0 radical (unpaired) electrons. The smallest absolute Gasteiger partial charge is 0.0542 e. The van der Waals surface area contributed by atoms with Gasteiger partial charge in [0.2, 0.25) is 0 Å². The third-order valence-corrected chi connectivity index (χ3v) is 13.5. The van der Waals surface area contributed by atoms with Crippen molar-refractivity contribution in [3.63, 3.8) is 0 Å². The SMILES string of the molecule is c1ccc2c(c1)sc1c3ccc(-c4ccc5cc(-c6ccc7c(c6)sc6c8ccccc8sc76)ccc5c4)cc3sc21. The van der Waals surface area contributed by atoms with Crippen LogP contribution < -0.4 is 0 Å². The highest BCUT2D eigenvalue weighted by Crippen LogP contribution is 2.46. The van der Waals surface area contributed by atoms with Crippen LogP contribution in [0.15, 0.2) is 121 Å². The van der Waals surface area contributed by atoms with Crippen LogP contribution >= 0.6 is 45.3 Å². The fraction of sp³-hybridized carbons (Fsp3) is 0. The van der Waals surface area contributed by atoms with E-state index in [1.165, 1.54) is 92.2 Å². The third kappa shape index (κ3) is 3.38. The Labute approximate surface area is 257 Å². The summed E-state index contributed by atoms with van der Waals surface area (Å²) in [6.07, 6.45) is 0. The van der Waals surface area contributed by atoms with E-state index in [0.717, 1.165) is 0 Å². The van der Waals surface area contributed by atoms with Gasteiger partial charge in [0.1, 0.15) is 0 Å². The third-order valence-electron chi connectivity index (χ3n) is 8.48. The lowest BCUT2D eigenvalue weighted by Gasteiger charge is -2.08. The van der Waals surface area contributed by atoms with Crippen molar-refractivity contribution in [2.24, 2.45) is 0 Å². The second-order valence-electron chi connectivity index (χ2n) is 10.9. The van der Waals surface area contributed by atoms with E-state index < -0.39 is 0 Å². The van der Waals surface area contributed by atoms with Gasteiger partial charge in [-0.15, -0.1) is 45.3 Å². The number of hydrogen-bond acceptors (Lipinski definition) is 4. The number of thiophene rings is 4. The van der Waals surface area contributed by atoms with E-state index in [4.69, 9.17) is 0 Å². The lowest BCUT2D eigenvalue weighted by Crippen LogP contribution is -1.82. The first kappa shape index (κ1) is 23.5. The van der Waals surface area contributed by atoms with E-state index in [2.05, 4.69) is 121 Å². The predicted molar refractivity (Wildman–Crippen MR) is 191 cm³/mol. The Hall–Kier alpha value is -4.06. The first-order valence-electron chi connectivity index (χ1n) is 14.0. The molecule has 6 aromatic carbocycles. The molecule has 0 amide bonds. The van der Waals surface area contributed by atoms with Crippen LogP contribution in [0.3, 0.4) is 0 Å². The molecule has 4 heteroatoms. The molecule has 42 heavy (non-hydrogen) atoms. The average Bonchev–Trinajstić information content (AvgIpc) is 3.78. The Morgan fingerprint density at radius 1 is 0.286 bits per heavy atom. The minimum atomic E-state index is 1.27. The summed E-state index contributed by atoms with van der Waals surface area (Å²) in [4.78, 5) is 0. The normalized spacial score (nSPS) is 12.3. The van der Waals surface area contributed by atoms with E-state index >= 15 is 0 Å². The van der Waals surface area contributed by atoms with Crippen LogP contribution in [-0.4, -0.2) is 0 Å². The monoisotopic (exact) mass is 604 g/mol. The number of hydrogen-bond donors (Lipinski definition) is 0. The summed E-state index contributed by atoms with van der Waals surface area (Å²) < 4.78 is 11.2. The van der Waals surface area contributed by atoms with Gasteiger partial charge in [-0.05, 0) is 69.4 Å². The lowest BCUT2D eigenvalue weighted by molar-refractivity contribution is 1.67. The van der Waals surface area contributed by atoms with E-state index in [-0.39, 0.29) is 0 Å². The van der Waals surface area contributed by atoms with Crippen LogP contribution in [0.5, 0.6) is 0 Å². The molecule has 4 heterocycles. The summed E-state index contributed by atoms with van der Waals surface area (Å²) in [6.45, 7) is 0. The summed E-state index contributed by atoms with van der Waals surface area (Å²) in [5, 5.41) is 8.07. The highest BCUT2D eigenvalue weighted by molar-refractivity contribution is 7.37. The maximum atomic E-state index is 2.38. The summed E-state index contributed by atoms with van der Waals surface area (Å²) in [6, 6.07) is 45.3. The van der Waals surface area contributed by atoms with Gasteiger partial charge in [0.25, 0.3) is 0 Å². The van der Waals surface area contributed by atoms with Crippen molar-refractivity contribution < 1.29 is 0 Å². The number of fused-ring (bicyclic) bond motifs is 11. The molecule has 0 atom stereocenters. The maximum Gasteiger partial charge on any atom is 0.0542 e. The van der Waals surface area contributed by atoms with E-state index in [9.17, 15) is 0 Å². The molecule has 0 unspecified atom stereocenters. The van der Waals surface area contributed by atoms with Gasteiger partial charge in [-0.3, -0.25) is 0 Å². The van der Waals surface area contributed by atoms with Gasteiger partial charge in [-0.25, -0.2) is 0 Å². The van der Waals surface area contributed by atoms with Gasteiger partial charge in [-0.2, -0.15) is 0 Å². The summed E-state index contributed by atoms with van der Waals surface area (Å²) in [5.41, 5.74) is 5.10. The van der Waals surface area contributed by atoms with Gasteiger partial charge >= 0.3 is 0 Å². The lowest BCUT2D eigenvalue weighted by atomic mass is 9.97. The zero-order chi connectivity index (χ0) is 27.4. The minimum Gasteiger partial charge on any atom is -0.134 e. The molecule has 0 N–H and O–H groups in total. The van der Waals surface area contributed by atoms with Crippen molar-refractivity contribution in [3.05, 3.63) is 121 Å². The zero-order valence-electron chi connectivity index (χ0n) is 22.2. The molecule has 0 aliphatic heterocycles. The minimum absolute atomic E-state index is 1.27. The molecule has 0 bridgehead atoms. The first-order valence-corrected chi connectivity index (χ1v) is 17.3. The summed E-state index contributed by atoms with van der Waals surface area (Å²) >= 11 is 7.68. The van der Waals surface area contributed by atoms with E-state index in [1.54, 1.807) is 0 Å². The van der Waals surface area contributed by atoms with E-state index in [0.29, 0.717) is 0 Å². The molecule has 196 valence electrons. The van der Waals surface area contributed by atoms with Crippen LogP contribution in [0, 0.1) is 0 Å². The molecule has 10 aromatic rings. The average molecular weight is 605 g/mol. The summed E-state index contributed by atoms with van der Waals surface area (Å²) in [7, 11) is 0.